The molecule has 2 fully saturated rings. The standard InChI is InChI=1S/C15H19FN2O2/c1-18-13(10-5-6-12(20-2)11(16)9-10)17-15(14(18)19)7-3-4-8-15/h5-6,9,13,17H,3-4,7-8H2,1-2H3. The van der Waals surface area contributed by atoms with Crippen LogP contribution < -0.4 is 10.1 Å². The zero-order valence-electron chi connectivity index (χ0n) is 11.8. The van der Waals surface area contributed by atoms with Gasteiger partial charge in [0.2, 0.25) is 5.91 Å². The number of nitrogens with zero attached hydrogens (tertiary/aromatic N) is 1. The summed E-state index contributed by atoms with van der Waals surface area (Å²) in [7, 11) is 3.21. The molecule has 1 aromatic carbocycles. The van der Waals surface area contributed by atoms with Crippen molar-refractivity contribution in [1.82, 2.24) is 10.2 Å². The number of halogens is 1. The number of likely N-dealkylation sites (N-methyl/N-ethyl adjacent to an activating group) is 1. The van der Waals surface area contributed by atoms with Crippen LogP contribution in [0.15, 0.2) is 18.2 Å². The van der Waals surface area contributed by atoms with Gasteiger partial charge in [0, 0.05) is 7.05 Å². The summed E-state index contributed by atoms with van der Waals surface area (Å²) in [4.78, 5) is 14.2. The quantitative estimate of drug-likeness (QED) is 0.902. The van der Waals surface area contributed by atoms with Gasteiger partial charge in [-0.2, -0.15) is 0 Å². The predicted molar refractivity (Wildman–Crippen MR) is 72.8 cm³/mol. The lowest BCUT2D eigenvalue weighted by Gasteiger charge is -2.21. The molecule has 1 saturated carbocycles. The normalized spacial score (nSPS) is 24.6. The minimum Gasteiger partial charge on any atom is -0.494 e. The molecule has 1 saturated heterocycles. The first-order valence-corrected chi connectivity index (χ1v) is 6.96. The van der Waals surface area contributed by atoms with E-state index < -0.39 is 11.4 Å². The molecule has 1 aromatic rings. The second kappa shape index (κ2) is 4.74. The van der Waals surface area contributed by atoms with E-state index in [0.29, 0.717) is 0 Å². The van der Waals surface area contributed by atoms with Gasteiger partial charge in [0.15, 0.2) is 11.6 Å². The Morgan fingerprint density at radius 2 is 2.10 bits per heavy atom. The van der Waals surface area contributed by atoms with E-state index in [4.69, 9.17) is 4.74 Å². The molecule has 2 aliphatic rings. The molecule has 3 rings (SSSR count). The van der Waals surface area contributed by atoms with Gasteiger partial charge in [-0.1, -0.05) is 18.9 Å². The Balaban J connectivity index is 1.91. The monoisotopic (exact) mass is 278 g/mol. The molecule has 1 heterocycles. The first-order valence-electron chi connectivity index (χ1n) is 6.96. The average molecular weight is 278 g/mol. The summed E-state index contributed by atoms with van der Waals surface area (Å²) in [6, 6.07) is 4.84. The van der Waals surface area contributed by atoms with Crippen LogP contribution in [-0.2, 0) is 4.79 Å². The van der Waals surface area contributed by atoms with Crippen molar-refractivity contribution in [3.63, 3.8) is 0 Å². The van der Waals surface area contributed by atoms with E-state index in [1.54, 1.807) is 24.1 Å². The average Bonchev–Trinajstić information content (AvgIpc) is 3.01. The molecule has 5 heteroatoms. The zero-order valence-corrected chi connectivity index (χ0v) is 11.8. The van der Waals surface area contributed by atoms with Crippen molar-refractivity contribution in [2.45, 2.75) is 37.4 Å². The van der Waals surface area contributed by atoms with E-state index in [1.807, 2.05) is 0 Å². The lowest BCUT2D eigenvalue weighted by Crippen LogP contribution is -2.43. The molecular formula is C15H19FN2O2. The van der Waals surface area contributed by atoms with E-state index in [0.717, 1.165) is 31.2 Å². The van der Waals surface area contributed by atoms with Gasteiger partial charge >= 0.3 is 0 Å². The van der Waals surface area contributed by atoms with Gasteiger partial charge in [-0.25, -0.2) is 4.39 Å². The van der Waals surface area contributed by atoms with Crippen molar-refractivity contribution in [2.75, 3.05) is 14.2 Å². The predicted octanol–water partition coefficient (Wildman–Crippen LogP) is 2.21. The number of amides is 1. The van der Waals surface area contributed by atoms with Crippen LogP contribution in [0.3, 0.4) is 0 Å². The van der Waals surface area contributed by atoms with Gasteiger partial charge in [-0.3, -0.25) is 10.1 Å². The van der Waals surface area contributed by atoms with Crippen molar-refractivity contribution < 1.29 is 13.9 Å². The fourth-order valence-corrected chi connectivity index (χ4v) is 3.37. The Bertz CT molecular complexity index is 541. The zero-order chi connectivity index (χ0) is 14.3. The number of hydrogen-bond acceptors (Lipinski definition) is 3. The van der Waals surface area contributed by atoms with Crippen LogP contribution in [-0.4, -0.2) is 30.5 Å². The molecule has 1 aliphatic carbocycles. The number of hydrogen-bond donors (Lipinski definition) is 1. The highest BCUT2D eigenvalue weighted by atomic mass is 19.1. The molecule has 20 heavy (non-hydrogen) atoms. The lowest BCUT2D eigenvalue weighted by atomic mass is 9.98. The van der Waals surface area contributed by atoms with Crippen LogP contribution >= 0.6 is 0 Å². The van der Waals surface area contributed by atoms with Crippen LogP contribution in [0.4, 0.5) is 4.39 Å². The van der Waals surface area contributed by atoms with E-state index in [9.17, 15) is 9.18 Å². The Morgan fingerprint density at radius 1 is 1.40 bits per heavy atom. The summed E-state index contributed by atoms with van der Waals surface area (Å²) < 4.78 is 18.8. The van der Waals surface area contributed by atoms with Crippen LogP contribution in [0.1, 0.15) is 37.4 Å². The van der Waals surface area contributed by atoms with Crippen LogP contribution in [0, 0.1) is 5.82 Å². The third-order valence-electron chi connectivity index (χ3n) is 4.48. The molecular weight excluding hydrogens is 259 g/mol. The molecule has 1 spiro atoms. The maximum Gasteiger partial charge on any atom is 0.244 e. The Kier molecular flexibility index (Phi) is 3.17. The summed E-state index contributed by atoms with van der Waals surface area (Å²) >= 11 is 0. The van der Waals surface area contributed by atoms with Gasteiger partial charge in [0.25, 0.3) is 0 Å². The third-order valence-corrected chi connectivity index (χ3v) is 4.48. The Morgan fingerprint density at radius 3 is 2.70 bits per heavy atom. The summed E-state index contributed by atoms with van der Waals surface area (Å²) in [5.74, 6) is -0.0625. The molecule has 1 atom stereocenters. The number of methoxy groups -OCH3 is 1. The van der Waals surface area contributed by atoms with Crippen molar-refractivity contribution >= 4 is 5.91 Å². The van der Waals surface area contributed by atoms with Crippen molar-refractivity contribution in [1.29, 1.82) is 0 Å². The van der Waals surface area contributed by atoms with Crippen LogP contribution in [0.2, 0.25) is 0 Å². The smallest absolute Gasteiger partial charge is 0.244 e. The van der Waals surface area contributed by atoms with Crippen molar-refractivity contribution in [3.8, 4) is 5.75 Å². The molecule has 0 bridgehead atoms. The summed E-state index contributed by atoms with van der Waals surface area (Å²) in [6.07, 6.45) is 3.60. The van der Waals surface area contributed by atoms with E-state index in [-0.39, 0.29) is 17.8 Å². The number of benzene rings is 1. The highest BCUT2D eigenvalue weighted by molar-refractivity contribution is 5.89. The fourth-order valence-electron chi connectivity index (χ4n) is 3.37. The number of rotatable bonds is 2. The van der Waals surface area contributed by atoms with Crippen molar-refractivity contribution in [3.05, 3.63) is 29.6 Å². The summed E-state index contributed by atoms with van der Waals surface area (Å²) in [5, 5.41) is 3.42. The highest BCUT2D eigenvalue weighted by Gasteiger charge is 2.51. The molecule has 1 amide bonds. The SMILES string of the molecule is COc1ccc(C2NC3(CCCC3)C(=O)N2C)cc1F. The van der Waals surface area contributed by atoms with Crippen LogP contribution in [0.5, 0.6) is 5.75 Å². The second-order valence-corrected chi connectivity index (χ2v) is 5.65. The molecule has 1 aliphatic heterocycles. The van der Waals surface area contributed by atoms with Gasteiger partial charge in [-0.15, -0.1) is 0 Å². The highest BCUT2D eigenvalue weighted by Crippen LogP contribution is 2.40. The van der Waals surface area contributed by atoms with Crippen molar-refractivity contribution in [2.24, 2.45) is 0 Å². The first kappa shape index (κ1) is 13.4. The summed E-state index contributed by atoms with van der Waals surface area (Å²) in [5.41, 5.74) is 0.318. The lowest BCUT2D eigenvalue weighted by molar-refractivity contribution is -0.132. The maximum atomic E-state index is 13.8. The van der Waals surface area contributed by atoms with Gasteiger partial charge in [0.1, 0.15) is 6.17 Å². The third kappa shape index (κ3) is 1.88. The molecule has 0 radical (unpaired) electrons. The minimum atomic E-state index is -0.435. The number of carbonyl (C=O) groups excluding carboxylic acids is 1. The number of carbonyl (C=O) groups is 1. The molecule has 1 N–H and O–H groups in total. The molecule has 4 nitrogen and oxygen atoms in total. The second-order valence-electron chi connectivity index (χ2n) is 5.65. The maximum absolute atomic E-state index is 13.8. The van der Waals surface area contributed by atoms with Gasteiger partial charge < -0.3 is 9.64 Å². The first-order chi connectivity index (χ1) is 9.57. The molecule has 1 unspecified atom stereocenters. The molecule has 0 aromatic heterocycles. The largest absolute Gasteiger partial charge is 0.494 e. The Hall–Kier alpha value is -1.62. The number of nitrogens with one attached hydrogen (secondary N) is 1. The minimum absolute atomic E-state index is 0.122. The molecule has 108 valence electrons. The topological polar surface area (TPSA) is 41.6 Å². The number of ether oxygens (including phenoxy) is 1. The van der Waals surface area contributed by atoms with E-state index >= 15 is 0 Å². The summed E-state index contributed by atoms with van der Waals surface area (Å²) in [6.45, 7) is 0. The van der Waals surface area contributed by atoms with E-state index in [1.165, 1.54) is 13.2 Å². The van der Waals surface area contributed by atoms with Gasteiger partial charge in [0.05, 0.1) is 12.6 Å². The fraction of sp³-hybridized carbons (Fsp3) is 0.533. The van der Waals surface area contributed by atoms with E-state index in [2.05, 4.69) is 5.32 Å². The van der Waals surface area contributed by atoms with Crippen LogP contribution in [0.25, 0.3) is 0 Å². The van der Waals surface area contributed by atoms with Gasteiger partial charge in [-0.05, 0) is 30.5 Å². The Labute approximate surface area is 117 Å².